The normalized spacial score (nSPS) is 12.0. The molecule has 0 bridgehead atoms. The summed E-state index contributed by atoms with van der Waals surface area (Å²) in [5, 5.41) is 0. The maximum Gasteiger partial charge on any atom is 0.242 e. The predicted octanol–water partition coefficient (Wildman–Crippen LogP) is 3.54. The van der Waals surface area contributed by atoms with Gasteiger partial charge in [0.25, 0.3) is 0 Å². The molecule has 20 heavy (non-hydrogen) atoms. The lowest BCUT2D eigenvalue weighted by Crippen LogP contribution is -2.34. The summed E-state index contributed by atoms with van der Waals surface area (Å²) >= 11 is 5.75. The van der Waals surface area contributed by atoms with Crippen LogP contribution >= 0.6 is 11.6 Å². The molecule has 0 aliphatic carbocycles. The second kappa shape index (κ2) is 8.77. The summed E-state index contributed by atoms with van der Waals surface area (Å²) in [5.74, 6) is -0.132. The number of methoxy groups -OCH3 is 1. The number of hydrogen-bond acceptors (Lipinski definition) is 2. The molecule has 0 spiro atoms. The highest BCUT2D eigenvalue weighted by atomic mass is 35.5. The van der Waals surface area contributed by atoms with Crippen LogP contribution in [0, 0.1) is 0 Å². The van der Waals surface area contributed by atoms with Crippen LogP contribution < -0.4 is 0 Å². The fourth-order valence-electron chi connectivity index (χ4n) is 2.01. The van der Waals surface area contributed by atoms with E-state index in [-0.39, 0.29) is 11.8 Å². The number of benzene rings is 1. The Balaban J connectivity index is 3.23. The second-order valence-electron chi connectivity index (χ2n) is 4.52. The Hall–Kier alpha value is -1.32. The largest absolute Gasteiger partial charge is 0.383 e. The Morgan fingerprint density at radius 2 is 1.95 bits per heavy atom. The lowest BCUT2D eigenvalue weighted by Gasteiger charge is -2.27. The van der Waals surface area contributed by atoms with Crippen LogP contribution in [0.5, 0.6) is 0 Å². The first kappa shape index (κ1) is 16.7. The number of carbonyl (C=O) groups is 1. The highest BCUT2D eigenvalue weighted by Crippen LogP contribution is 2.25. The van der Waals surface area contributed by atoms with E-state index < -0.39 is 0 Å². The van der Waals surface area contributed by atoms with Crippen LogP contribution in [0.2, 0.25) is 0 Å². The van der Waals surface area contributed by atoms with Crippen molar-refractivity contribution in [3.63, 3.8) is 0 Å². The van der Waals surface area contributed by atoms with Crippen molar-refractivity contribution in [3.05, 3.63) is 41.5 Å². The van der Waals surface area contributed by atoms with Crippen molar-refractivity contribution in [1.82, 2.24) is 4.90 Å². The molecule has 3 nitrogen and oxygen atoms in total. The molecule has 0 saturated carbocycles. The fourth-order valence-corrected chi connectivity index (χ4v) is 2.16. The zero-order valence-corrected chi connectivity index (χ0v) is 13.1. The van der Waals surface area contributed by atoms with Gasteiger partial charge in [0.15, 0.2) is 0 Å². The summed E-state index contributed by atoms with van der Waals surface area (Å²) < 4.78 is 5.11. The number of carbonyl (C=O) groups excluding carboxylic acids is 1. The van der Waals surface area contributed by atoms with Gasteiger partial charge in [-0.2, -0.15) is 0 Å². The van der Waals surface area contributed by atoms with Crippen LogP contribution in [-0.2, 0) is 9.53 Å². The number of ether oxygens (including phenoxy) is 1. The van der Waals surface area contributed by atoms with Crippen LogP contribution in [0.4, 0.5) is 0 Å². The first-order valence-corrected chi connectivity index (χ1v) is 7.29. The number of hydrogen-bond donors (Lipinski definition) is 0. The molecule has 1 aromatic carbocycles. The molecule has 1 aromatic rings. The molecule has 1 amide bonds. The highest BCUT2D eigenvalue weighted by Gasteiger charge is 2.20. The Morgan fingerprint density at radius 3 is 2.45 bits per heavy atom. The summed E-state index contributed by atoms with van der Waals surface area (Å²) in [5.41, 5.74) is 3.13. The number of amides is 1. The SMILES string of the molecule is CC/C(C)=C(\c1ccccc1)N(CCOC)C(=O)CCl. The van der Waals surface area contributed by atoms with Crippen molar-refractivity contribution in [2.75, 3.05) is 26.1 Å². The van der Waals surface area contributed by atoms with Gasteiger partial charge in [-0.25, -0.2) is 0 Å². The van der Waals surface area contributed by atoms with E-state index in [2.05, 4.69) is 6.92 Å². The van der Waals surface area contributed by atoms with Crippen LogP contribution in [0.3, 0.4) is 0 Å². The van der Waals surface area contributed by atoms with E-state index in [4.69, 9.17) is 16.3 Å². The van der Waals surface area contributed by atoms with E-state index in [9.17, 15) is 4.79 Å². The third-order valence-electron chi connectivity index (χ3n) is 3.19. The standard InChI is InChI=1S/C16H22ClNO2/c1-4-13(2)16(14-8-6-5-7-9-14)18(10-11-20-3)15(19)12-17/h5-9H,4,10-12H2,1-3H3/b16-13+. The Bertz CT molecular complexity index is 457. The van der Waals surface area contributed by atoms with Gasteiger partial charge in [-0.3, -0.25) is 4.79 Å². The van der Waals surface area contributed by atoms with Gasteiger partial charge in [0.05, 0.1) is 6.61 Å². The van der Waals surface area contributed by atoms with Gasteiger partial charge in [0.2, 0.25) is 5.91 Å². The lowest BCUT2D eigenvalue weighted by atomic mass is 10.0. The topological polar surface area (TPSA) is 29.5 Å². The first-order chi connectivity index (χ1) is 9.65. The monoisotopic (exact) mass is 295 g/mol. The quantitative estimate of drug-likeness (QED) is 0.720. The molecule has 4 heteroatoms. The number of nitrogens with zero attached hydrogens (tertiary/aromatic N) is 1. The number of halogens is 1. The van der Waals surface area contributed by atoms with Gasteiger partial charge < -0.3 is 9.64 Å². The van der Waals surface area contributed by atoms with E-state index in [0.717, 1.165) is 23.3 Å². The number of rotatable bonds is 7. The van der Waals surface area contributed by atoms with Gasteiger partial charge >= 0.3 is 0 Å². The predicted molar refractivity (Wildman–Crippen MR) is 83.6 cm³/mol. The average molecular weight is 296 g/mol. The lowest BCUT2D eigenvalue weighted by molar-refractivity contribution is -0.125. The van der Waals surface area contributed by atoms with Crippen LogP contribution in [0.1, 0.15) is 25.8 Å². The molecule has 0 unspecified atom stereocenters. The summed E-state index contributed by atoms with van der Waals surface area (Å²) in [6.07, 6.45) is 0.878. The maximum absolute atomic E-state index is 12.2. The van der Waals surface area contributed by atoms with Gasteiger partial charge in [0, 0.05) is 19.4 Å². The molecule has 0 saturated heterocycles. The highest BCUT2D eigenvalue weighted by molar-refractivity contribution is 6.27. The minimum atomic E-state index is -0.102. The molecular weight excluding hydrogens is 274 g/mol. The zero-order valence-electron chi connectivity index (χ0n) is 12.4. The number of alkyl halides is 1. The van der Waals surface area contributed by atoms with Crippen LogP contribution in [-0.4, -0.2) is 36.9 Å². The van der Waals surface area contributed by atoms with Gasteiger partial charge in [-0.05, 0) is 24.5 Å². The van der Waals surface area contributed by atoms with Crippen molar-refractivity contribution in [2.45, 2.75) is 20.3 Å². The minimum Gasteiger partial charge on any atom is -0.383 e. The molecule has 0 heterocycles. The van der Waals surface area contributed by atoms with Crippen molar-refractivity contribution in [2.24, 2.45) is 0 Å². The number of allylic oxidation sites excluding steroid dienone is 1. The molecule has 0 N–H and O–H groups in total. The fraction of sp³-hybridized carbons (Fsp3) is 0.438. The summed E-state index contributed by atoms with van der Waals surface area (Å²) in [4.78, 5) is 13.9. The minimum absolute atomic E-state index is 0.0307. The van der Waals surface area contributed by atoms with Gasteiger partial charge in [-0.15, -0.1) is 11.6 Å². The van der Waals surface area contributed by atoms with E-state index in [0.29, 0.717) is 13.2 Å². The molecule has 0 aliphatic rings. The smallest absolute Gasteiger partial charge is 0.242 e. The molecule has 0 atom stereocenters. The van der Waals surface area contributed by atoms with Crippen molar-refractivity contribution < 1.29 is 9.53 Å². The summed E-state index contributed by atoms with van der Waals surface area (Å²) in [6, 6.07) is 9.92. The average Bonchev–Trinajstić information content (AvgIpc) is 2.50. The molecule has 0 aliphatic heterocycles. The molecule has 0 radical (unpaired) electrons. The summed E-state index contributed by atoms with van der Waals surface area (Å²) in [7, 11) is 1.63. The van der Waals surface area contributed by atoms with Crippen molar-refractivity contribution in [1.29, 1.82) is 0 Å². The molecule has 110 valence electrons. The molecule has 0 fully saturated rings. The third-order valence-corrected chi connectivity index (χ3v) is 3.41. The Kier molecular flexibility index (Phi) is 7.34. The third kappa shape index (κ3) is 4.36. The zero-order chi connectivity index (χ0) is 15.0. The first-order valence-electron chi connectivity index (χ1n) is 6.76. The van der Waals surface area contributed by atoms with Crippen molar-refractivity contribution >= 4 is 23.2 Å². The van der Waals surface area contributed by atoms with Crippen LogP contribution in [0.15, 0.2) is 35.9 Å². The summed E-state index contributed by atoms with van der Waals surface area (Å²) in [6.45, 7) is 5.11. The van der Waals surface area contributed by atoms with Gasteiger partial charge in [-0.1, -0.05) is 37.3 Å². The van der Waals surface area contributed by atoms with E-state index in [1.165, 1.54) is 0 Å². The molecule has 0 aromatic heterocycles. The van der Waals surface area contributed by atoms with Gasteiger partial charge in [0.1, 0.15) is 5.88 Å². The van der Waals surface area contributed by atoms with Crippen LogP contribution in [0.25, 0.3) is 5.70 Å². The second-order valence-corrected chi connectivity index (χ2v) is 4.79. The Labute approximate surface area is 126 Å². The van der Waals surface area contributed by atoms with E-state index >= 15 is 0 Å². The van der Waals surface area contributed by atoms with Crippen molar-refractivity contribution in [3.8, 4) is 0 Å². The maximum atomic E-state index is 12.2. The van der Waals surface area contributed by atoms with E-state index in [1.807, 2.05) is 37.3 Å². The Morgan fingerprint density at radius 1 is 1.30 bits per heavy atom. The molecular formula is C16H22ClNO2. The molecule has 1 rings (SSSR count). The van der Waals surface area contributed by atoms with E-state index in [1.54, 1.807) is 12.0 Å².